The van der Waals surface area contributed by atoms with E-state index in [4.69, 9.17) is 17.3 Å². The summed E-state index contributed by atoms with van der Waals surface area (Å²) in [6.07, 6.45) is 1.49. The van der Waals surface area contributed by atoms with Crippen LogP contribution in [0.25, 0.3) is 6.08 Å². The second-order valence-electron chi connectivity index (χ2n) is 6.14. The Balaban J connectivity index is 1.62. The summed E-state index contributed by atoms with van der Waals surface area (Å²) in [6, 6.07) is 12.1. The number of carbonyl (C=O) groups excluding carboxylic acids is 2. The van der Waals surface area contributed by atoms with Crippen molar-refractivity contribution in [2.75, 3.05) is 11.9 Å². The van der Waals surface area contributed by atoms with Crippen LogP contribution >= 0.6 is 24.0 Å². The van der Waals surface area contributed by atoms with Gasteiger partial charge < -0.3 is 10.4 Å². The molecular weight excluding hydrogens is 415 g/mol. The second kappa shape index (κ2) is 8.97. The number of thioether (sulfide) groups is 1. The third-order valence-electron chi connectivity index (χ3n) is 3.94. The van der Waals surface area contributed by atoms with Crippen LogP contribution in [0.4, 0.5) is 10.1 Å². The molecule has 6 nitrogen and oxygen atoms in total. The highest BCUT2D eigenvalue weighted by Crippen LogP contribution is 2.32. The Bertz CT molecular complexity index is 1000. The summed E-state index contributed by atoms with van der Waals surface area (Å²) in [6.45, 7) is -0.248. The van der Waals surface area contributed by atoms with Gasteiger partial charge in [-0.15, -0.1) is 0 Å². The topological polar surface area (TPSA) is 86.7 Å². The number of rotatable bonds is 6. The zero-order valence-corrected chi connectivity index (χ0v) is 16.6. The highest BCUT2D eigenvalue weighted by molar-refractivity contribution is 8.26. The van der Waals surface area contributed by atoms with Gasteiger partial charge in [0.2, 0.25) is 5.91 Å². The highest BCUT2D eigenvalue weighted by Gasteiger charge is 2.33. The van der Waals surface area contributed by atoms with Crippen LogP contribution in [0.3, 0.4) is 0 Å². The molecule has 1 fully saturated rings. The molecule has 0 radical (unpaired) electrons. The lowest BCUT2D eigenvalue weighted by Crippen LogP contribution is -2.36. The smallest absolute Gasteiger partial charge is 0.307 e. The summed E-state index contributed by atoms with van der Waals surface area (Å²) in [5.41, 5.74) is 1.74. The SMILES string of the molecule is O=C(O)Cc1ccc(NC(=O)CN2C(=O)/C(=C/c3ccc(F)cc3)SC2=S)cc1. The summed E-state index contributed by atoms with van der Waals surface area (Å²) in [5.74, 6) is -2.14. The van der Waals surface area contributed by atoms with Crippen LogP contribution in [0.2, 0.25) is 0 Å². The summed E-state index contributed by atoms with van der Waals surface area (Å²) in [4.78, 5) is 37.1. The first-order valence-corrected chi connectivity index (χ1v) is 9.66. The molecule has 0 spiro atoms. The average molecular weight is 430 g/mol. The van der Waals surface area contributed by atoms with Crippen molar-refractivity contribution in [3.05, 3.63) is 70.4 Å². The molecule has 2 amide bonds. The number of hydrogen-bond donors (Lipinski definition) is 2. The zero-order valence-electron chi connectivity index (χ0n) is 14.9. The lowest BCUT2D eigenvalue weighted by Gasteiger charge is -2.14. The van der Waals surface area contributed by atoms with Gasteiger partial charge in [-0.05, 0) is 41.5 Å². The molecule has 29 heavy (non-hydrogen) atoms. The molecule has 2 aromatic carbocycles. The van der Waals surface area contributed by atoms with Gasteiger partial charge in [0, 0.05) is 5.69 Å². The molecule has 1 heterocycles. The molecule has 1 aliphatic rings. The number of hydrogen-bond acceptors (Lipinski definition) is 5. The van der Waals surface area contributed by atoms with Crippen molar-refractivity contribution >= 4 is 57.8 Å². The first kappa shape index (κ1) is 20.7. The van der Waals surface area contributed by atoms with Crippen LogP contribution < -0.4 is 5.32 Å². The lowest BCUT2D eigenvalue weighted by molar-refractivity contribution is -0.136. The summed E-state index contributed by atoms with van der Waals surface area (Å²) in [7, 11) is 0. The van der Waals surface area contributed by atoms with Crippen LogP contribution in [0, 0.1) is 5.82 Å². The van der Waals surface area contributed by atoms with E-state index in [1.165, 1.54) is 17.0 Å². The predicted molar refractivity (Wildman–Crippen MR) is 113 cm³/mol. The van der Waals surface area contributed by atoms with Gasteiger partial charge in [0.15, 0.2) is 0 Å². The van der Waals surface area contributed by atoms with E-state index in [-0.39, 0.29) is 23.1 Å². The number of anilines is 1. The predicted octanol–water partition coefficient (Wildman–Crippen LogP) is 3.29. The molecule has 9 heteroatoms. The monoisotopic (exact) mass is 430 g/mol. The summed E-state index contributed by atoms with van der Waals surface area (Å²) in [5, 5.41) is 11.4. The first-order valence-electron chi connectivity index (χ1n) is 8.43. The van der Waals surface area contributed by atoms with Gasteiger partial charge in [-0.2, -0.15) is 0 Å². The number of carboxylic acids is 1. The average Bonchev–Trinajstić information content (AvgIpc) is 2.92. The minimum Gasteiger partial charge on any atom is -0.481 e. The first-order chi connectivity index (χ1) is 13.8. The van der Waals surface area contributed by atoms with Gasteiger partial charge in [0.1, 0.15) is 16.7 Å². The van der Waals surface area contributed by atoms with Crippen molar-refractivity contribution in [1.82, 2.24) is 4.90 Å². The van der Waals surface area contributed by atoms with Crippen LogP contribution in [0.5, 0.6) is 0 Å². The van der Waals surface area contributed by atoms with E-state index in [0.717, 1.165) is 11.8 Å². The lowest BCUT2D eigenvalue weighted by atomic mass is 10.1. The van der Waals surface area contributed by atoms with E-state index >= 15 is 0 Å². The molecule has 2 aromatic rings. The second-order valence-corrected chi connectivity index (χ2v) is 7.81. The van der Waals surface area contributed by atoms with E-state index in [1.807, 2.05) is 0 Å². The molecule has 0 bridgehead atoms. The molecule has 0 unspecified atom stereocenters. The minimum atomic E-state index is -0.940. The van der Waals surface area contributed by atoms with Crippen LogP contribution in [0.15, 0.2) is 53.4 Å². The number of thiocarbonyl (C=S) groups is 1. The van der Waals surface area contributed by atoms with E-state index in [0.29, 0.717) is 21.7 Å². The van der Waals surface area contributed by atoms with Crippen molar-refractivity contribution in [2.24, 2.45) is 0 Å². The highest BCUT2D eigenvalue weighted by atomic mass is 32.2. The van der Waals surface area contributed by atoms with Crippen molar-refractivity contribution < 1.29 is 23.9 Å². The van der Waals surface area contributed by atoms with E-state index in [9.17, 15) is 18.8 Å². The molecule has 148 valence electrons. The standard InChI is InChI=1S/C20H15FN2O4S2/c21-14-5-1-12(2-6-14)9-16-19(27)23(20(28)29-16)11-17(24)22-15-7-3-13(4-8-15)10-18(25)26/h1-9H,10-11H2,(H,22,24)(H,25,26)/b16-9-. The number of aliphatic carboxylic acids is 1. The Hall–Kier alpha value is -3.04. The Morgan fingerprint density at radius 2 is 1.79 bits per heavy atom. The molecule has 0 aromatic heterocycles. The Labute approximate surface area is 175 Å². The molecule has 0 saturated carbocycles. The van der Waals surface area contributed by atoms with E-state index in [2.05, 4.69) is 5.32 Å². The maximum absolute atomic E-state index is 13.0. The fourth-order valence-electron chi connectivity index (χ4n) is 2.57. The summed E-state index contributed by atoms with van der Waals surface area (Å²) >= 11 is 6.28. The Kier molecular flexibility index (Phi) is 6.40. The van der Waals surface area contributed by atoms with Gasteiger partial charge in [0.05, 0.1) is 11.3 Å². The third kappa shape index (κ3) is 5.49. The fourth-order valence-corrected chi connectivity index (χ4v) is 3.83. The number of nitrogens with one attached hydrogen (secondary N) is 1. The van der Waals surface area contributed by atoms with Crippen molar-refractivity contribution in [3.8, 4) is 0 Å². The number of carbonyl (C=O) groups is 3. The molecular formula is C20H15FN2O4S2. The zero-order chi connectivity index (χ0) is 21.0. The van der Waals surface area contributed by atoms with Gasteiger partial charge in [-0.25, -0.2) is 4.39 Å². The van der Waals surface area contributed by atoms with Gasteiger partial charge in [-0.3, -0.25) is 19.3 Å². The number of benzene rings is 2. The van der Waals surface area contributed by atoms with Crippen LogP contribution in [0.1, 0.15) is 11.1 Å². The Morgan fingerprint density at radius 3 is 2.41 bits per heavy atom. The quantitative estimate of drug-likeness (QED) is 0.540. The Morgan fingerprint density at radius 1 is 1.14 bits per heavy atom. The third-order valence-corrected chi connectivity index (χ3v) is 5.31. The van der Waals surface area contributed by atoms with Crippen molar-refractivity contribution in [1.29, 1.82) is 0 Å². The maximum atomic E-state index is 13.0. The van der Waals surface area contributed by atoms with E-state index in [1.54, 1.807) is 42.5 Å². The number of nitrogens with zero attached hydrogens (tertiary/aromatic N) is 1. The van der Waals surface area contributed by atoms with Crippen molar-refractivity contribution in [3.63, 3.8) is 0 Å². The summed E-state index contributed by atoms with van der Waals surface area (Å²) < 4.78 is 13.3. The minimum absolute atomic E-state index is 0.106. The molecule has 0 aliphatic carbocycles. The van der Waals surface area contributed by atoms with Crippen LogP contribution in [-0.2, 0) is 20.8 Å². The van der Waals surface area contributed by atoms with Gasteiger partial charge >= 0.3 is 5.97 Å². The number of halogens is 1. The molecule has 0 atom stereocenters. The van der Waals surface area contributed by atoms with Crippen molar-refractivity contribution in [2.45, 2.75) is 6.42 Å². The molecule has 2 N–H and O–H groups in total. The van der Waals surface area contributed by atoms with Gasteiger partial charge in [0.25, 0.3) is 5.91 Å². The molecule has 1 aliphatic heterocycles. The maximum Gasteiger partial charge on any atom is 0.307 e. The number of amides is 2. The van der Waals surface area contributed by atoms with Gasteiger partial charge in [-0.1, -0.05) is 48.2 Å². The molecule has 1 saturated heterocycles. The largest absolute Gasteiger partial charge is 0.481 e. The normalized spacial score (nSPS) is 15.1. The fraction of sp³-hybridized carbons (Fsp3) is 0.100. The number of carboxylic acid groups (broad SMARTS) is 1. The van der Waals surface area contributed by atoms with E-state index < -0.39 is 17.8 Å². The van der Waals surface area contributed by atoms with Crippen LogP contribution in [-0.4, -0.2) is 38.7 Å². The molecule has 3 rings (SSSR count).